The Bertz CT molecular complexity index is 452. The van der Waals surface area contributed by atoms with Crippen molar-refractivity contribution in [1.82, 2.24) is 14.8 Å². The van der Waals surface area contributed by atoms with E-state index >= 15 is 0 Å². The molecule has 15 heavy (non-hydrogen) atoms. The van der Waals surface area contributed by atoms with E-state index in [0.29, 0.717) is 0 Å². The van der Waals surface area contributed by atoms with Crippen LogP contribution >= 0.6 is 11.8 Å². The van der Waals surface area contributed by atoms with Crippen molar-refractivity contribution in [3.8, 4) is 0 Å². The van der Waals surface area contributed by atoms with Crippen molar-refractivity contribution in [3.05, 3.63) is 36.3 Å². The van der Waals surface area contributed by atoms with Gasteiger partial charge in [0.05, 0.1) is 11.9 Å². The van der Waals surface area contributed by atoms with E-state index in [2.05, 4.69) is 10.1 Å². The molecule has 2 aromatic heterocycles. The van der Waals surface area contributed by atoms with E-state index in [1.165, 1.54) is 5.56 Å². The van der Waals surface area contributed by atoms with E-state index in [0.717, 1.165) is 16.5 Å². The second-order valence-electron chi connectivity index (χ2n) is 3.21. The minimum Gasteiger partial charge on any atom is -0.397 e. The summed E-state index contributed by atoms with van der Waals surface area (Å²) in [6.07, 6.45) is 5.60. The minimum atomic E-state index is 0.728. The highest BCUT2D eigenvalue weighted by Crippen LogP contribution is 2.24. The van der Waals surface area contributed by atoms with Gasteiger partial charge in [0, 0.05) is 30.8 Å². The normalized spacial score (nSPS) is 10.5. The van der Waals surface area contributed by atoms with Crippen molar-refractivity contribution < 1.29 is 0 Å². The molecule has 2 rings (SSSR count). The zero-order chi connectivity index (χ0) is 10.7. The molecule has 0 aromatic carbocycles. The molecule has 0 aliphatic carbocycles. The van der Waals surface area contributed by atoms with Crippen molar-refractivity contribution in [3.63, 3.8) is 0 Å². The first kappa shape index (κ1) is 10.0. The molecule has 0 radical (unpaired) electrons. The molecule has 0 aliphatic rings. The van der Waals surface area contributed by atoms with Crippen LogP contribution in [0.2, 0.25) is 0 Å². The van der Waals surface area contributed by atoms with E-state index in [1.54, 1.807) is 22.6 Å². The number of aromatic nitrogens is 3. The lowest BCUT2D eigenvalue weighted by Crippen LogP contribution is -1.90. The Labute approximate surface area is 92.5 Å². The molecule has 0 unspecified atom stereocenters. The van der Waals surface area contributed by atoms with Crippen molar-refractivity contribution in [2.45, 2.75) is 10.8 Å². The van der Waals surface area contributed by atoms with Crippen LogP contribution < -0.4 is 5.73 Å². The standard InChI is InChI=1S/C10H12N4S/c1-14-6-8(5-13-14)7-15-10-9(11)3-2-4-12-10/h2-6H,7,11H2,1H3. The maximum absolute atomic E-state index is 5.79. The summed E-state index contributed by atoms with van der Waals surface area (Å²) in [5, 5.41) is 4.98. The predicted octanol–water partition coefficient (Wildman–Crippen LogP) is 1.69. The highest BCUT2D eigenvalue weighted by molar-refractivity contribution is 7.98. The topological polar surface area (TPSA) is 56.7 Å². The molecular weight excluding hydrogens is 208 g/mol. The lowest BCUT2D eigenvalue weighted by atomic mass is 10.4. The Kier molecular flexibility index (Phi) is 2.91. The second-order valence-corrected chi connectivity index (χ2v) is 4.17. The molecule has 4 nitrogen and oxygen atoms in total. The van der Waals surface area contributed by atoms with Crippen LogP contribution in [0.3, 0.4) is 0 Å². The third kappa shape index (κ3) is 2.50. The molecule has 0 aliphatic heterocycles. The van der Waals surface area contributed by atoms with E-state index in [4.69, 9.17) is 5.73 Å². The Hall–Kier alpha value is -1.49. The summed E-state index contributed by atoms with van der Waals surface area (Å²) in [5.74, 6) is 0.842. The summed E-state index contributed by atoms with van der Waals surface area (Å²) in [5.41, 5.74) is 7.69. The minimum absolute atomic E-state index is 0.728. The van der Waals surface area contributed by atoms with Crippen LogP contribution in [-0.4, -0.2) is 14.8 Å². The van der Waals surface area contributed by atoms with Gasteiger partial charge in [-0.25, -0.2) is 4.98 Å². The van der Waals surface area contributed by atoms with Gasteiger partial charge in [-0.15, -0.1) is 0 Å². The average Bonchev–Trinajstić information content (AvgIpc) is 2.63. The van der Waals surface area contributed by atoms with Crippen LogP contribution in [0.15, 0.2) is 35.7 Å². The summed E-state index contributed by atoms with van der Waals surface area (Å²) in [7, 11) is 1.91. The zero-order valence-electron chi connectivity index (χ0n) is 8.42. The predicted molar refractivity (Wildman–Crippen MR) is 61.4 cm³/mol. The molecular formula is C10H12N4S. The Morgan fingerprint density at radius 3 is 3.07 bits per heavy atom. The molecule has 0 amide bonds. The zero-order valence-corrected chi connectivity index (χ0v) is 9.24. The first-order chi connectivity index (χ1) is 7.25. The molecule has 0 saturated heterocycles. The fourth-order valence-electron chi connectivity index (χ4n) is 1.22. The highest BCUT2D eigenvalue weighted by atomic mass is 32.2. The number of anilines is 1. The molecule has 2 N–H and O–H groups in total. The number of thioether (sulfide) groups is 1. The molecule has 2 aromatic rings. The first-order valence-electron chi connectivity index (χ1n) is 4.56. The number of aryl methyl sites for hydroxylation is 1. The fourth-order valence-corrected chi connectivity index (χ4v) is 2.04. The summed E-state index contributed by atoms with van der Waals surface area (Å²) >= 11 is 1.62. The SMILES string of the molecule is Cn1cc(CSc2ncccc2N)cn1. The monoisotopic (exact) mass is 220 g/mol. The van der Waals surface area contributed by atoms with Gasteiger partial charge in [-0.1, -0.05) is 11.8 Å². The third-order valence-electron chi connectivity index (χ3n) is 1.93. The van der Waals surface area contributed by atoms with Gasteiger partial charge >= 0.3 is 0 Å². The van der Waals surface area contributed by atoms with Crippen molar-refractivity contribution >= 4 is 17.4 Å². The van der Waals surface area contributed by atoms with Crippen LogP contribution in [0.25, 0.3) is 0 Å². The number of nitrogens with two attached hydrogens (primary N) is 1. The van der Waals surface area contributed by atoms with Crippen molar-refractivity contribution in [1.29, 1.82) is 0 Å². The quantitative estimate of drug-likeness (QED) is 0.800. The average molecular weight is 220 g/mol. The van der Waals surface area contributed by atoms with Gasteiger partial charge in [-0.05, 0) is 12.1 Å². The van der Waals surface area contributed by atoms with Crippen molar-refractivity contribution in [2.24, 2.45) is 7.05 Å². The Balaban J connectivity index is 2.02. The lowest BCUT2D eigenvalue weighted by Gasteiger charge is -2.01. The van der Waals surface area contributed by atoms with E-state index in [9.17, 15) is 0 Å². The molecule has 5 heteroatoms. The van der Waals surface area contributed by atoms with Crippen molar-refractivity contribution in [2.75, 3.05) is 5.73 Å². The van der Waals surface area contributed by atoms with Gasteiger partial charge in [-0.3, -0.25) is 4.68 Å². The van der Waals surface area contributed by atoms with Gasteiger partial charge in [0.15, 0.2) is 0 Å². The van der Waals surface area contributed by atoms with Crippen LogP contribution in [0.1, 0.15) is 5.56 Å². The Morgan fingerprint density at radius 1 is 1.53 bits per heavy atom. The third-order valence-corrected chi connectivity index (χ3v) is 3.03. The number of nitrogen functional groups attached to an aromatic ring is 1. The number of pyridine rings is 1. The van der Waals surface area contributed by atoms with Crippen LogP contribution in [-0.2, 0) is 12.8 Å². The number of nitrogens with zero attached hydrogens (tertiary/aromatic N) is 3. The second kappa shape index (κ2) is 4.35. The molecule has 0 atom stereocenters. The summed E-state index contributed by atoms with van der Waals surface area (Å²) in [6.45, 7) is 0. The van der Waals surface area contributed by atoms with Gasteiger partial charge in [0.25, 0.3) is 0 Å². The number of hydrogen-bond acceptors (Lipinski definition) is 4. The van der Waals surface area contributed by atoms with Gasteiger partial charge in [-0.2, -0.15) is 5.10 Å². The largest absolute Gasteiger partial charge is 0.397 e. The molecule has 2 heterocycles. The highest BCUT2D eigenvalue weighted by Gasteiger charge is 2.02. The van der Waals surface area contributed by atoms with Gasteiger partial charge < -0.3 is 5.73 Å². The maximum atomic E-state index is 5.79. The molecule has 0 saturated carbocycles. The molecule has 0 spiro atoms. The Morgan fingerprint density at radius 2 is 2.40 bits per heavy atom. The van der Waals surface area contributed by atoms with Gasteiger partial charge in [0.1, 0.15) is 5.03 Å². The lowest BCUT2D eigenvalue weighted by molar-refractivity contribution is 0.767. The molecule has 78 valence electrons. The van der Waals surface area contributed by atoms with Crippen LogP contribution in [0, 0.1) is 0 Å². The first-order valence-corrected chi connectivity index (χ1v) is 5.55. The number of rotatable bonds is 3. The number of hydrogen-bond donors (Lipinski definition) is 1. The van der Waals surface area contributed by atoms with Gasteiger partial charge in [0.2, 0.25) is 0 Å². The summed E-state index contributed by atoms with van der Waals surface area (Å²) in [4.78, 5) is 4.21. The molecule has 0 bridgehead atoms. The van der Waals surface area contributed by atoms with Crippen LogP contribution in [0.5, 0.6) is 0 Å². The maximum Gasteiger partial charge on any atom is 0.119 e. The summed E-state index contributed by atoms with van der Waals surface area (Å²) < 4.78 is 1.79. The van der Waals surface area contributed by atoms with E-state index in [-0.39, 0.29) is 0 Å². The van der Waals surface area contributed by atoms with E-state index in [1.807, 2.05) is 31.6 Å². The van der Waals surface area contributed by atoms with Crippen LogP contribution in [0.4, 0.5) is 5.69 Å². The van der Waals surface area contributed by atoms with E-state index < -0.39 is 0 Å². The molecule has 0 fully saturated rings. The fraction of sp³-hybridized carbons (Fsp3) is 0.200. The smallest absolute Gasteiger partial charge is 0.119 e. The summed E-state index contributed by atoms with van der Waals surface area (Å²) in [6, 6.07) is 3.70.